The zero-order chi connectivity index (χ0) is 9.80. The summed E-state index contributed by atoms with van der Waals surface area (Å²) < 4.78 is 12.6. The largest absolute Gasteiger partial charge is 0.314 e. The van der Waals surface area contributed by atoms with Crippen LogP contribution in [0.2, 0.25) is 0 Å². The lowest BCUT2D eigenvalue weighted by Crippen LogP contribution is -2.49. The molecule has 1 fully saturated rings. The second-order valence-electron chi connectivity index (χ2n) is 3.69. The molecular weight excluding hydrogens is 179 g/mol. The molecule has 0 amide bonds. The van der Waals surface area contributed by atoms with Crippen LogP contribution >= 0.6 is 0 Å². The van der Waals surface area contributed by atoms with Gasteiger partial charge in [-0.25, -0.2) is 4.39 Å². The Morgan fingerprint density at radius 2 is 2.00 bits per heavy atom. The highest BCUT2D eigenvalue weighted by Gasteiger charge is 2.11. The van der Waals surface area contributed by atoms with Crippen molar-refractivity contribution in [1.82, 2.24) is 10.6 Å². The van der Waals surface area contributed by atoms with Crippen LogP contribution in [0.1, 0.15) is 5.56 Å². The second kappa shape index (κ2) is 4.53. The van der Waals surface area contributed by atoms with Crippen molar-refractivity contribution in [3.8, 4) is 0 Å². The number of nitrogens with one attached hydrogen (secondary N) is 2. The predicted octanol–water partition coefficient (Wildman–Crippen LogP) is 0.930. The van der Waals surface area contributed by atoms with Crippen LogP contribution in [0.3, 0.4) is 0 Å². The number of piperazine rings is 1. The molecule has 1 aromatic rings. The van der Waals surface area contributed by atoms with Crippen LogP contribution in [-0.2, 0) is 6.42 Å². The van der Waals surface area contributed by atoms with Gasteiger partial charge >= 0.3 is 0 Å². The van der Waals surface area contributed by atoms with Crippen LogP contribution in [0.15, 0.2) is 24.3 Å². The molecule has 0 saturated carbocycles. The van der Waals surface area contributed by atoms with Crippen molar-refractivity contribution in [1.29, 1.82) is 0 Å². The minimum absolute atomic E-state index is 0.163. The Morgan fingerprint density at radius 1 is 1.21 bits per heavy atom. The quantitative estimate of drug-likeness (QED) is 0.732. The van der Waals surface area contributed by atoms with Crippen molar-refractivity contribution in [2.75, 3.05) is 19.6 Å². The average Bonchev–Trinajstić information content (AvgIpc) is 2.23. The molecule has 0 aromatic heterocycles. The van der Waals surface area contributed by atoms with Crippen molar-refractivity contribution in [2.45, 2.75) is 12.5 Å². The molecule has 0 radical (unpaired) electrons. The molecule has 0 spiro atoms. The molecular formula is C11H15FN2. The SMILES string of the molecule is Fc1ccc(C[C@H]2CNCCN2)cc1. The maximum atomic E-state index is 12.6. The van der Waals surface area contributed by atoms with E-state index in [-0.39, 0.29) is 5.82 Å². The van der Waals surface area contributed by atoms with E-state index in [1.54, 1.807) is 0 Å². The zero-order valence-electron chi connectivity index (χ0n) is 8.09. The molecule has 1 heterocycles. The van der Waals surface area contributed by atoms with Gasteiger partial charge in [0.2, 0.25) is 0 Å². The van der Waals surface area contributed by atoms with Gasteiger partial charge in [-0.2, -0.15) is 0 Å². The minimum atomic E-state index is -0.163. The molecule has 1 aliphatic heterocycles. The molecule has 2 nitrogen and oxygen atoms in total. The molecule has 2 N–H and O–H groups in total. The summed E-state index contributed by atoms with van der Waals surface area (Å²) >= 11 is 0. The first-order valence-electron chi connectivity index (χ1n) is 5.03. The Hall–Kier alpha value is -0.930. The first kappa shape index (κ1) is 9.62. The molecule has 0 unspecified atom stereocenters. The highest BCUT2D eigenvalue weighted by molar-refractivity contribution is 5.17. The van der Waals surface area contributed by atoms with E-state index in [9.17, 15) is 4.39 Å². The summed E-state index contributed by atoms with van der Waals surface area (Å²) in [4.78, 5) is 0. The number of benzene rings is 1. The fourth-order valence-corrected chi connectivity index (χ4v) is 1.76. The van der Waals surface area contributed by atoms with E-state index >= 15 is 0 Å². The Kier molecular flexibility index (Phi) is 3.11. The van der Waals surface area contributed by atoms with E-state index in [1.165, 1.54) is 17.7 Å². The smallest absolute Gasteiger partial charge is 0.123 e. The van der Waals surface area contributed by atoms with Gasteiger partial charge in [-0.15, -0.1) is 0 Å². The zero-order valence-corrected chi connectivity index (χ0v) is 8.09. The van der Waals surface area contributed by atoms with E-state index in [0.717, 1.165) is 26.1 Å². The monoisotopic (exact) mass is 194 g/mol. The standard InChI is InChI=1S/C11H15FN2/c12-10-3-1-9(2-4-10)7-11-8-13-5-6-14-11/h1-4,11,13-14H,5-8H2/t11-/m0/s1. The Morgan fingerprint density at radius 3 is 2.64 bits per heavy atom. The fraction of sp³-hybridized carbons (Fsp3) is 0.455. The summed E-state index contributed by atoms with van der Waals surface area (Å²) in [6, 6.07) is 7.23. The Bertz CT molecular complexity index is 278. The molecule has 1 atom stereocenters. The van der Waals surface area contributed by atoms with Gasteiger partial charge in [0.1, 0.15) is 5.82 Å². The van der Waals surface area contributed by atoms with Gasteiger partial charge in [-0.3, -0.25) is 0 Å². The van der Waals surface area contributed by atoms with Crippen molar-refractivity contribution in [2.24, 2.45) is 0 Å². The third-order valence-corrected chi connectivity index (χ3v) is 2.52. The molecule has 1 aliphatic rings. The molecule has 0 aliphatic carbocycles. The van der Waals surface area contributed by atoms with Crippen molar-refractivity contribution < 1.29 is 4.39 Å². The summed E-state index contributed by atoms with van der Waals surface area (Å²) in [5.74, 6) is -0.163. The van der Waals surface area contributed by atoms with Gasteiger partial charge in [0.15, 0.2) is 0 Å². The van der Waals surface area contributed by atoms with Crippen LogP contribution in [0.25, 0.3) is 0 Å². The lowest BCUT2D eigenvalue weighted by molar-refractivity contribution is 0.416. The van der Waals surface area contributed by atoms with E-state index in [2.05, 4.69) is 10.6 Å². The Balaban J connectivity index is 1.92. The number of hydrogen-bond donors (Lipinski definition) is 2. The van der Waals surface area contributed by atoms with Gasteiger partial charge in [-0.1, -0.05) is 12.1 Å². The van der Waals surface area contributed by atoms with Gasteiger partial charge in [0, 0.05) is 25.7 Å². The third kappa shape index (κ3) is 2.53. The van der Waals surface area contributed by atoms with Crippen molar-refractivity contribution in [3.63, 3.8) is 0 Å². The van der Waals surface area contributed by atoms with E-state index in [0.29, 0.717) is 6.04 Å². The van der Waals surface area contributed by atoms with Crippen molar-refractivity contribution >= 4 is 0 Å². The number of hydrogen-bond acceptors (Lipinski definition) is 2. The predicted molar refractivity (Wildman–Crippen MR) is 54.8 cm³/mol. The summed E-state index contributed by atoms with van der Waals surface area (Å²) in [6.07, 6.45) is 0.966. The van der Waals surface area contributed by atoms with Gasteiger partial charge in [-0.05, 0) is 24.1 Å². The molecule has 1 aromatic carbocycles. The summed E-state index contributed by atoms with van der Waals surface area (Å²) in [5.41, 5.74) is 1.19. The normalized spacial score (nSPS) is 22.2. The van der Waals surface area contributed by atoms with Crippen LogP contribution in [0.5, 0.6) is 0 Å². The molecule has 1 saturated heterocycles. The highest BCUT2D eigenvalue weighted by Crippen LogP contribution is 2.06. The Labute approximate surface area is 83.5 Å². The maximum Gasteiger partial charge on any atom is 0.123 e. The first-order valence-corrected chi connectivity index (χ1v) is 5.03. The van der Waals surface area contributed by atoms with E-state index < -0.39 is 0 Å². The van der Waals surface area contributed by atoms with Gasteiger partial charge in [0.25, 0.3) is 0 Å². The van der Waals surface area contributed by atoms with Crippen LogP contribution in [0, 0.1) is 5.82 Å². The van der Waals surface area contributed by atoms with Crippen LogP contribution in [0.4, 0.5) is 4.39 Å². The molecule has 3 heteroatoms. The third-order valence-electron chi connectivity index (χ3n) is 2.52. The molecule has 2 rings (SSSR count). The molecule has 0 bridgehead atoms. The van der Waals surface area contributed by atoms with Crippen LogP contribution in [-0.4, -0.2) is 25.7 Å². The number of halogens is 1. The maximum absolute atomic E-state index is 12.6. The van der Waals surface area contributed by atoms with E-state index in [1.807, 2.05) is 12.1 Å². The molecule has 76 valence electrons. The topological polar surface area (TPSA) is 24.1 Å². The summed E-state index contributed by atoms with van der Waals surface area (Å²) in [6.45, 7) is 3.06. The lowest BCUT2D eigenvalue weighted by Gasteiger charge is -2.24. The minimum Gasteiger partial charge on any atom is -0.314 e. The summed E-state index contributed by atoms with van der Waals surface area (Å²) in [7, 11) is 0. The van der Waals surface area contributed by atoms with Gasteiger partial charge < -0.3 is 10.6 Å². The number of rotatable bonds is 2. The van der Waals surface area contributed by atoms with E-state index in [4.69, 9.17) is 0 Å². The first-order chi connectivity index (χ1) is 6.84. The van der Waals surface area contributed by atoms with Crippen LogP contribution < -0.4 is 10.6 Å². The van der Waals surface area contributed by atoms with Gasteiger partial charge in [0.05, 0.1) is 0 Å². The highest BCUT2D eigenvalue weighted by atomic mass is 19.1. The average molecular weight is 194 g/mol. The fourth-order valence-electron chi connectivity index (χ4n) is 1.76. The second-order valence-corrected chi connectivity index (χ2v) is 3.69. The molecule has 14 heavy (non-hydrogen) atoms. The summed E-state index contributed by atoms with van der Waals surface area (Å²) in [5, 5.41) is 6.76. The van der Waals surface area contributed by atoms with Crippen molar-refractivity contribution in [3.05, 3.63) is 35.6 Å². The lowest BCUT2D eigenvalue weighted by atomic mass is 10.0.